The van der Waals surface area contributed by atoms with Crippen molar-refractivity contribution in [3.63, 3.8) is 0 Å². The zero-order chi connectivity index (χ0) is 30.6. The van der Waals surface area contributed by atoms with E-state index >= 15 is 0 Å². The molecule has 1 aliphatic heterocycles. The predicted molar refractivity (Wildman–Crippen MR) is 164 cm³/mol. The van der Waals surface area contributed by atoms with Crippen LogP contribution in [0.4, 0.5) is 5.82 Å². The first-order valence-corrected chi connectivity index (χ1v) is 14.7. The minimum absolute atomic E-state index is 0.120. The molecule has 0 bridgehead atoms. The highest BCUT2D eigenvalue weighted by Gasteiger charge is 2.66. The molecule has 3 atom stereocenters. The Labute approximate surface area is 256 Å². The Bertz CT molecular complexity index is 1820. The van der Waals surface area contributed by atoms with Crippen molar-refractivity contribution in [3.8, 4) is 11.1 Å². The number of amides is 2. The maximum Gasteiger partial charge on any atom is 0.248 e. The van der Waals surface area contributed by atoms with Crippen LogP contribution in [0.1, 0.15) is 47.2 Å². The summed E-state index contributed by atoms with van der Waals surface area (Å²) in [5.41, 5.74) is 3.32. The highest BCUT2D eigenvalue weighted by Crippen LogP contribution is 2.59. The number of hydrogen-bond donors (Lipinski definition) is 2. The normalized spacial score (nSPS) is 20.6. The number of ketones is 1. The van der Waals surface area contributed by atoms with Crippen LogP contribution < -0.4 is 5.32 Å². The summed E-state index contributed by atoms with van der Waals surface area (Å²) < 4.78 is 2.09. The van der Waals surface area contributed by atoms with Crippen LogP contribution in [-0.2, 0) is 16.1 Å². The molecule has 2 N–H and O–H groups in total. The number of fused-ring (bicyclic) bond motifs is 2. The van der Waals surface area contributed by atoms with E-state index in [1.165, 1.54) is 11.6 Å². The molecule has 1 aromatic carbocycles. The van der Waals surface area contributed by atoms with Gasteiger partial charge in [0.05, 0.1) is 12.1 Å². The van der Waals surface area contributed by atoms with Gasteiger partial charge in [0.15, 0.2) is 5.78 Å². The van der Waals surface area contributed by atoms with Crippen LogP contribution in [0.5, 0.6) is 0 Å². The lowest BCUT2D eigenvalue weighted by Gasteiger charge is -2.27. The third-order valence-corrected chi connectivity index (χ3v) is 8.90. The average molecular weight is 645 g/mol. The SMILES string of the molecule is C=Cc1cc(-c2cnc(C)nc2)cc2c(C(C)=O)nn(CC(=O)N3[C@H](C(=O)Nc4nc(Br)ccc4C)C[C@@]4(CO)C[C@@H]34)c12. The molecule has 0 unspecified atom stereocenters. The minimum Gasteiger partial charge on any atom is -0.396 e. The summed E-state index contributed by atoms with van der Waals surface area (Å²) in [5.74, 6) is 0.0960. The molecule has 2 fully saturated rings. The van der Waals surface area contributed by atoms with Crippen LogP contribution in [0.2, 0.25) is 0 Å². The first kappa shape index (κ1) is 28.8. The van der Waals surface area contributed by atoms with Gasteiger partial charge in [-0.2, -0.15) is 5.10 Å². The van der Waals surface area contributed by atoms with E-state index in [9.17, 15) is 19.5 Å². The molecule has 0 spiro atoms. The maximum atomic E-state index is 14.0. The number of likely N-dealkylation sites (tertiary alicyclic amines) is 1. The number of benzene rings is 1. The summed E-state index contributed by atoms with van der Waals surface area (Å²) in [5, 5.41) is 18.2. The third-order valence-electron chi connectivity index (χ3n) is 8.45. The number of carbonyl (C=O) groups is 3. The van der Waals surface area contributed by atoms with Crippen molar-refractivity contribution < 1.29 is 19.5 Å². The molecule has 4 heterocycles. The van der Waals surface area contributed by atoms with Gasteiger partial charge in [-0.1, -0.05) is 18.7 Å². The van der Waals surface area contributed by atoms with Crippen molar-refractivity contribution in [2.75, 3.05) is 11.9 Å². The zero-order valence-corrected chi connectivity index (χ0v) is 25.6. The first-order valence-electron chi connectivity index (χ1n) is 13.9. The number of rotatable bonds is 8. The van der Waals surface area contributed by atoms with Gasteiger partial charge in [-0.3, -0.25) is 19.1 Å². The van der Waals surface area contributed by atoms with Crippen LogP contribution in [0.3, 0.4) is 0 Å². The van der Waals surface area contributed by atoms with E-state index in [4.69, 9.17) is 0 Å². The van der Waals surface area contributed by atoms with E-state index in [0.29, 0.717) is 45.6 Å². The van der Waals surface area contributed by atoms with E-state index in [1.807, 2.05) is 25.1 Å². The fraction of sp³-hybridized carbons (Fsp3) is 0.323. The molecule has 1 saturated carbocycles. The second-order valence-electron chi connectivity index (χ2n) is 11.3. The first-order chi connectivity index (χ1) is 20.5. The van der Waals surface area contributed by atoms with Crippen molar-refractivity contribution in [2.45, 2.75) is 52.2 Å². The van der Waals surface area contributed by atoms with Crippen molar-refractivity contribution >= 4 is 56.3 Å². The lowest BCUT2D eigenvalue weighted by atomic mass is 10.00. The molecular weight excluding hydrogens is 614 g/mol. The number of Topliss-reactive ketones (excluding diaryl/α,β-unsaturated/α-hetero) is 1. The number of aliphatic hydroxyl groups excluding tert-OH is 1. The number of piperidine rings is 1. The molecule has 2 aliphatic rings. The van der Waals surface area contributed by atoms with Gasteiger partial charge in [-0.25, -0.2) is 15.0 Å². The molecule has 3 aromatic heterocycles. The summed E-state index contributed by atoms with van der Waals surface area (Å²) in [7, 11) is 0. The molecular formula is C31H30BrN7O4. The number of hydrogen-bond acceptors (Lipinski definition) is 8. The largest absolute Gasteiger partial charge is 0.396 e. The fourth-order valence-corrected chi connectivity index (χ4v) is 6.38. The van der Waals surface area contributed by atoms with Crippen LogP contribution in [0.25, 0.3) is 28.1 Å². The molecule has 4 aromatic rings. The van der Waals surface area contributed by atoms with E-state index in [0.717, 1.165) is 16.7 Å². The zero-order valence-electron chi connectivity index (χ0n) is 24.0. The topological polar surface area (TPSA) is 143 Å². The van der Waals surface area contributed by atoms with E-state index in [1.54, 1.807) is 36.4 Å². The highest BCUT2D eigenvalue weighted by atomic mass is 79.9. The Morgan fingerprint density at radius 1 is 1.16 bits per heavy atom. The minimum atomic E-state index is -0.792. The maximum absolute atomic E-state index is 14.0. The van der Waals surface area contributed by atoms with Crippen molar-refractivity contribution in [1.29, 1.82) is 0 Å². The predicted octanol–water partition coefficient (Wildman–Crippen LogP) is 4.10. The lowest BCUT2D eigenvalue weighted by molar-refractivity contribution is -0.138. The monoisotopic (exact) mass is 643 g/mol. The van der Waals surface area contributed by atoms with Gasteiger partial charge >= 0.3 is 0 Å². The van der Waals surface area contributed by atoms with Gasteiger partial charge in [-0.15, -0.1) is 0 Å². The average Bonchev–Trinajstić information content (AvgIpc) is 3.41. The smallest absolute Gasteiger partial charge is 0.248 e. The molecule has 220 valence electrons. The molecule has 12 heteroatoms. The van der Waals surface area contributed by atoms with Crippen molar-refractivity contribution in [3.05, 3.63) is 70.5 Å². The standard InChI is InChI=1S/C31H30BrN7O4/c1-5-19-8-20(21-12-33-18(4)34-13-21)9-22-27(17(3)41)37-38(28(19)22)14-26(42)39-23(10-31(15-40)11-24(31)39)30(43)36-29-16(2)6-7-25(32)35-29/h5-9,12-13,23-24,40H,1,10-11,14-15H2,2-4H3,(H,35,36,43)/t23-,24+,31-/m0/s1. The molecule has 43 heavy (non-hydrogen) atoms. The number of aliphatic hydroxyl groups is 1. The summed E-state index contributed by atoms with van der Waals surface area (Å²) >= 11 is 3.34. The molecule has 2 amide bonds. The Balaban J connectivity index is 1.35. The molecule has 6 rings (SSSR count). The van der Waals surface area contributed by atoms with Crippen molar-refractivity contribution in [2.24, 2.45) is 5.41 Å². The summed E-state index contributed by atoms with van der Waals surface area (Å²) in [6.07, 6.45) is 6.04. The molecule has 1 saturated heterocycles. The Kier molecular flexibility index (Phi) is 7.21. The number of nitrogens with one attached hydrogen (secondary N) is 1. The number of halogens is 1. The highest BCUT2D eigenvalue weighted by molar-refractivity contribution is 9.10. The third kappa shape index (κ3) is 5.04. The number of anilines is 1. The summed E-state index contributed by atoms with van der Waals surface area (Å²) in [6.45, 7) is 8.72. The van der Waals surface area contributed by atoms with Crippen molar-refractivity contribution in [1.82, 2.24) is 29.6 Å². The summed E-state index contributed by atoms with van der Waals surface area (Å²) in [6, 6.07) is 6.30. The lowest BCUT2D eigenvalue weighted by Crippen LogP contribution is -2.47. The van der Waals surface area contributed by atoms with E-state index in [2.05, 4.69) is 47.9 Å². The van der Waals surface area contributed by atoms with Gasteiger partial charge < -0.3 is 15.3 Å². The number of nitrogens with zero attached hydrogens (tertiary/aromatic N) is 6. The van der Waals surface area contributed by atoms with Crippen LogP contribution in [0.15, 0.2) is 47.8 Å². The molecule has 11 nitrogen and oxygen atoms in total. The van der Waals surface area contributed by atoms with Gasteiger partial charge in [0.1, 0.15) is 34.5 Å². The van der Waals surface area contributed by atoms with Crippen LogP contribution in [-0.4, -0.2) is 71.0 Å². The van der Waals surface area contributed by atoms with Crippen LogP contribution in [0, 0.1) is 19.3 Å². The fourth-order valence-electron chi connectivity index (χ4n) is 6.07. The Hall–Kier alpha value is -4.29. The number of carbonyl (C=O) groups excluding carboxylic acids is 3. The van der Waals surface area contributed by atoms with Gasteiger partial charge in [0, 0.05) is 47.3 Å². The van der Waals surface area contributed by atoms with E-state index < -0.39 is 11.5 Å². The van der Waals surface area contributed by atoms with Crippen LogP contribution >= 0.6 is 15.9 Å². The Morgan fingerprint density at radius 2 is 1.91 bits per heavy atom. The summed E-state index contributed by atoms with van der Waals surface area (Å²) in [4.78, 5) is 54.7. The number of aromatic nitrogens is 5. The van der Waals surface area contributed by atoms with Gasteiger partial charge in [0.25, 0.3) is 0 Å². The van der Waals surface area contributed by atoms with E-state index in [-0.39, 0.29) is 42.5 Å². The van der Waals surface area contributed by atoms with Gasteiger partial charge in [0.2, 0.25) is 11.8 Å². The second kappa shape index (κ2) is 10.8. The van der Waals surface area contributed by atoms with Gasteiger partial charge in [-0.05, 0) is 71.9 Å². The molecule has 0 radical (unpaired) electrons. The molecule has 1 aliphatic carbocycles. The quantitative estimate of drug-likeness (QED) is 0.216. The number of aryl methyl sites for hydroxylation is 2. The number of pyridine rings is 1. The Morgan fingerprint density at radius 3 is 2.58 bits per heavy atom. The second-order valence-corrected chi connectivity index (χ2v) is 12.1.